The molecule has 48 heavy (non-hydrogen) atoms. The first-order valence-corrected chi connectivity index (χ1v) is 17.7. The van der Waals surface area contributed by atoms with Crippen LogP contribution in [0.4, 0.5) is 4.79 Å². The van der Waals surface area contributed by atoms with E-state index >= 15 is 0 Å². The maximum atomic E-state index is 13.7. The van der Waals surface area contributed by atoms with Crippen molar-refractivity contribution in [3.63, 3.8) is 0 Å². The first-order valence-electron chi connectivity index (χ1n) is 16.2. The summed E-state index contributed by atoms with van der Waals surface area (Å²) >= 11 is 0. The number of guanidine groups is 1. The van der Waals surface area contributed by atoms with Crippen LogP contribution in [0.1, 0.15) is 72.9 Å². The predicted molar refractivity (Wildman–Crippen MR) is 184 cm³/mol. The summed E-state index contributed by atoms with van der Waals surface area (Å²) in [5, 5.41) is 15.2. The van der Waals surface area contributed by atoms with E-state index < -0.39 is 33.7 Å². The number of fused-ring (bicyclic) bond motifs is 4. The maximum Gasteiger partial charge on any atom is 0.407 e. The van der Waals surface area contributed by atoms with E-state index in [0.29, 0.717) is 24.1 Å². The first-order chi connectivity index (χ1) is 22.7. The normalized spacial score (nSPS) is 15.5. The van der Waals surface area contributed by atoms with E-state index in [4.69, 9.17) is 9.47 Å². The van der Waals surface area contributed by atoms with Gasteiger partial charge in [0, 0.05) is 31.0 Å². The lowest BCUT2D eigenvalue weighted by molar-refractivity contribution is -0.139. The summed E-state index contributed by atoms with van der Waals surface area (Å²) in [6.45, 7) is 11.8. The molecule has 12 heteroatoms. The maximum absolute atomic E-state index is 13.7. The van der Waals surface area contributed by atoms with Gasteiger partial charge >= 0.3 is 12.1 Å². The van der Waals surface area contributed by atoms with E-state index in [1.807, 2.05) is 76.2 Å². The lowest BCUT2D eigenvalue weighted by Crippen LogP contribution is -2.42. The van der Waals surface area contributed by atoms with Crippen LogP contribution in [-0.4, -0.2) is 62.9 Å². The molecule has 5 rings (SSSR count). The summed E-state index contributed by atoms with van der Waals surface area (Å²) in [5.41, 5.74) is 6.79. The van der Waals surface area contributed by atoms with Crippen molar-refractivity contribution in [1.82, 2.24) is 15.4 Å². The van der Waals surface area contributed by atoms with Crippen molar-refractivity contribution in [2.75, 3.05) is 19.7 Å². The number of hydrogen-bond acceptors (Lipinski definition) is 7. The molecule has 2 aliphatic rings. The Kier molecular flexibility index (Phi) is 10.0. The molecule has 0 saturated carbocycles. The predicted octanol–water partition coefficient (Wildman–Crippen LogP) is 5.34. The third-order valence-corrected chi connectivity index (χ3v) is 10.6. The van der Waals surface area contributed by atoms with Crippen LogP contribution in [-0.2, 0) is 26.0 Å². The summed E-state index contributed by atoms with van der Waals surface area (Å²) in [6.07, 6.45) is 0.103. The number of ether oxygens (including phenoxy) is 2. The van der Waals surface area contributed by atoms with Gasteiger partial charge in [-0.05, 0) is 93.3 Å². The molecule has 1 amide bonds. The molecule has 0 fully saturated rings. The number of alkyl carbamates (subject to hydrolysis) is 1. The van der Waals surface area contributed by atoms with Crippen molar-refractivity contribution in [2.45, 2.75) is 83.3 Å². The molecule has 0 radical (unpaired) electrons. The molecule has 1 aliphatic carbocycles. The van der Waals surface area contributed by atoms with Gasteiger partial charge in [-0.25, -0.2) is 22.7 Å². The van der Waals surface area contributed by atoms with Gasteiger partial charge in [0.05, 0.1) is 4.90 Å². The third kappa shape index (κ3) is 7.13. The summed E-state index contributed by atoms with van der Waals surface area (Å²) in [7, 11) is -4.02. The van der Waals surface area contributed by atoms with E-state index in [1.165, 1.54) is 0 Å². The molecule has 1 heterocycles. The minimum absolute atomic E-state index is 0.0578. The Bertz CT molecular complexity index is 1820. The number of aliphatic imine (C=N–C) groups is 1. The van der Waals surface area contributed by atoms with Crippen LogP contribution in [0.25, 0.3) is 11.1 Å². The number of nitrogens with one attached hydrogen (secondary N) is 3. The van der Waals surface area contributed by atoms with E-state index in [2.05, 4.69) is 20.3 Å². The molecular formula is C36H44N4O7S. The number of carbonyl (C=O) groups excluding carboxylic acids is 1. The summed E-state index contributed by atoms with van der Waals surface area (Å²) < 4.78 is 41.7. The molecule has 3 aromatic carbocycles. The summed E-state index contributed by atoms with van der Waals surface area (Å²) in [4.78, 5) is 29.3. The van der Waals surface area contributed by atoms with E-state index in [-0.39, 0.29) is 42.8 Å². The minimum Gasteiger partial charge on any atom is -0.487 e. The number of nitrogens with zero attached hydrogens (tertiary/aromatic N) is 1. The molecule has 3 aromatic rings. The molecule has 11 nitrogen and oxygen atoms in total. The lowest BCUT2D eigenvalue weighted by Gasteiger charge is -2.20. The number of sulfonamides is 1. The number of carboxylic acids is 1. The minimum atomic E-state index is -4.02. The number of amides is 1. The highest BCUT2D eigenvalue weighted by Gasteiger charge is 2.37. The zero-order valence-electron chi connectivity index (χ0n) is 28.3. The van der Waals surface area contributed by atoms with Crippen molar-refractivity contribution in [2.24, 2.45) is 4.99 Å². The lowest BCUT2D eigenvalue weighted by atomic mass is 9.94. The quantitative estimate of drug-likeness (QED) is 0.121. The topological polar surface area (TPSA) is 155 Å². The van der Waals surface area contributed by atoms with Crippen molar-refractivity contribution < 1.29 is 32.6 Å². The van der Waals surface area contributed by atoms with Gasteiger partial charge in [-0.2, -0.15) is 0 Å². The van der Waals surface area contributed by atoms with Crippen LogP contribution in [0.5, 0.6) is 5.75 Å². The Balaban J connectivity index is 1.19. The van der Waals surface area contributed by atoms with Gasteiger partial charge in [0.2, 0.25) is 5.96 Å². The van der Waals surface area contributed by atoms with Crippen molar-refractivity contribution in [3.05, 3.63) is 81.9 Å². The Labute approximate surface area is 282 Å². The highest BCUT2D eigenvalue weighted by Crippen LogP contribution is 2.45. The van der Waals surface area contributed by atoms with Crippen molar-refractivity contribution >= 4 is 28.0 Å². The van der Waals surface area contributed by atoms with Gasteiger partial charge in [0.25, 0.3) is 10.0 Å². The second-order valence-corrected chi connectivity index (χ2v) is 14.5. The number of carbonyl (C=O) groups is 2. The fourth-order valence-electron chi connectivity index (χ4n) is 6.64. The van der Waals surface area contributed by atoms with Gasteiger partial charge in [-0.1, -0.05) is 48.5 Å². The Hall–Kier alpha value is -4.58. The summed E-state index contributed by atoms with van der Waals surface area (Å²) in [6, 6.07) is 14.7. The van der Waals surface area contributed by atoms with Gasteiger partial charge < -0.3 is 25.2 Å². The smallest absolute Gasteiger partial charge is 0.407 e. The average Bonchev–Trinajstić information content (AvgIpc) is 3.54. The molecule has 0 unspecified atom stereocenters. The van der Waals surface area contributed by atoms with Crippen LogP contribution < -0.4 is 20.1 Å². The molecule has 1 aliphatic heterocycles. The molecule has 256 valence electrons. The van der Waals surface area contributed by atoms with Crippen LogP contribution >= 0.6 is 0 Å². The van der Waals surface area contributed by atoms with Crippen LogP contribution in [0.3, 0.4) is 0 Å². The molecule has 4 N–H and O–H groups in total. The van der Waals surface area contributed by atoms with E-state index in [1.54, 1.807) is 13.8 Å². The first kappa shape index (κ1) is 34.7. The molecule has 1 atom stereocenters. The van der Waals surface area contributed by atoms with Crippen LogP contribution in [0.15, 0.2) is 58.4 Å². The summed E-state index contributed by atoms with van der Waals surface area (Å²) in [5.74, 6) is -0.552. The van der Waals surface area contributed by atoms with Gasteiger partial charge in [-0.3, -0.25) is 4.99 Å². The van der Waals surface area contributed by atoms with E-state index in [9.17, 15) is 23.1 Å². The largest absolute Gasteiger partial charge is 0.487 e. The zero-order valence-corrected chi connectivity index (χ0v) is 29.1. The second kappa shape index (κ2) is 13.9. The Morgan fingerprint density at radius 1 is 1.02 bits per heavy atom. The second-order valence-electron chi connectivity index (χ2n) is 12.9. The number of hydrogen-bond donors (Lipinski definition) is 4. The van der Waals surface area contributed by atoms with Crippen molar-refractivity contribution in [1.29, 1.82) is 0 Å². The fraction of sp³-hybridized carbons (Fsp3) is 0.417. The molecule has 0 saturated heterocycles. The fourth-order valence-corrected chi connectivity index (χ4v) is 8.22. The number of rotatable bonds is 11. The van der Waals surface area contributed by atoms with Gasteiger partial charge in [0.1, 0.15) is 24.0 Å². The number of carboxylic acid groups (broad SMARTS) is 1. The average molecular weight is 677 g/mol. The molecule has 0 spiro atoms. The number of aliphatic carboxylic acids is 1. The monoisotopic (exact) mass is 676 g/mol. The molecule has 0 bridgehead atoms. The van der Waals surface area contributed by atoms with Crippen LogP contribution in [0, 0.1) is 20.8 Å². The SMILES string of the molecule is CCNC(=NCCC[C@H](NC(=O)OCC1c2ccccc2-c2ccccc21)C(=O)O)NS(=O)(=O)c1c(C)c(C)c2c(c1C)CC(C)(C)O2. The zero-order chi connectivity index (χ0) is 34.8. The van der Waals surface area contributed by atoms with Gasteiger partial charge in [-0.15, -0.1) is 0 Å². The van der Waals surface area contributed by atoms with Crippen LogP contribution in [0.2, 0.25) is 0 Å². The molecule has 0 aromatic heterocycles. The highest BCUT2D eigenvalue weighted by atomic mass is 32.2. The van der Waals surface area contributed by atoms with Gasteiger partial charge in [0.15, 0.2) is 0 Å². The third-order valence-electron chi connectivity index (χ3n) is 8.99. The molecular weight excluding hydrogens is 632 g/mol. The van der Waals surface area contributed by atoms with E-state index in [0.717, 1.165) is 39.1 Å². The Morgan fingerprint density at radius 2 is 1.65 bits per heavy atom. The number of benzene rings is 3. The highest BCUT2D eigenvalue weighted by molar-refractivity contribution is 7.90. The Morgan fingerprint density at radius 3 is 2.25 bits per heavy atom. The standard InChI is InChI=1S/C36H44N4O7S/c1-7-37-34(40-48(44,45)32-22(3)21(2)31-28(23(32)4)19-36(5,6)47-31)38-18-12-17-30(33(41)42)39-35(43)46-20-29-26-15-10-8-13-24(26)25-14-9-11-16-27(25)29/h8-11,13-16,29-30H,7,12,17-20H2,1-6H3,(H,39,43)(H,41,42)(H2,37,38,40)/t30-/m0/s1. The van der Waals surface area contributed by atoms with Crippen molar-refractivity contribution in [3.8, 4) is 16.9 Å².